The molecule has 0 bridgehead atoms. The van der Waals surface area contributed by atoms with Crippen LogP contribution < -0.4 is 5.32 Å². The lowest BCUT2D eigenvalue weighted by atomic mass is 9.97. The lowest BCUT2D eigenvalue weighted by Gasteiger charge is -2.29. The third-order valence-electron chi connectivity index (χ3n) is 5.09. The molecule has 8 heteroatoms. The Morgan fingerprint density at radius 1 is 1.14 bits per heavy atom. The summed E-state index contributed by atoms with van der Waals surface area (Å²) in [4.78, 5) is 17.2. The van der Waals surface area contributed by atoms with Gasteiger partial charge in [0.2, 0.25) is 15.9 Å². The monoisotopic (exact) mass is 415 g/mol. The summed E-state index contributed by atoms with van der Waals surface area (Å²) in [6.45, 7) is 0.770. The van der Waals surface area contributed by atoms with E-state index in [9.17, 15) is 13.2 Å². The summed E-state index contributed by atoms with van der Waals surface area (Å²) in [6, 6.07) is 14.2. The number of aromatic nitrogens is 1. The molecule has 1 aliphatic heterocycles. The number of nitrogens with one attached hydrogen (secondary N) is 1. The average molecular weight is 416 g/mol. The smallest absolute Gasteiger partial charge is 0.229 e. The summed E-state index contributed by atoms with van der Waals surface area (Å²) >= 11 is 1.40. The van der Waals surface area contributed by atoms with Crippen LogP contribution in [0.25, 0.3) is 22.0 Å². The van der Waals surface area contributed by atoms with Crippen LogP contribution in [0.4, 0.5) is 5.13 Å². The molecule has 146 valence electrons. The van der Waals surface area contributed by atoms with Crippen molar-refractivity contribution in [2.24, 2.45) is 5.92 Å². The number of carbonyl (C=O) groups is 1. The summed E-state index contributed by atoms with van der Waals surface area (Å²) in [6.07, 6.45) is 2.26. The molecule has 3 aromatic rings. The van der Waals surface area contributed by atoms with Gasteiger partial charge in [0, 0.05) is 30.0 Å². The summed E-state index contributed by atoms with van der Waals surface area (Å²) in [5, 5.41) is 7.70. The standard InChI is InChI=1S/C20H21N3O3S2/c1-28(25,26)23-11-9-15(10-12-23)19(24)22-20-21-18(13-27-20)17-8-4-6-14-5-2-3-7-16(14)17/h2-8,13,15H,9-12H2,1H3,(H,21,22,24). The van der Waals surface area contributed by atoms with Crippen LogP contribution in [-0.4, -0.2) is 43.0 Å². The maximum atomic E-state index is 12.6. The topological polar surface area (TPSA) is 79.4 Å². The van der Waals surface area contributed by atoms with Crippen molar-refractivity contribution in [2.75, 3.05) is 24.7 Å². The van der Waals surface area contributed by atoms with E-state index in [-0.39, 0.29) is 11.8 Å². The molecule has 1 N–H and O–H groups in total. The Kier molecular flexibility index (Phi) is 5.18. The van der Waals surface area contributed by atoms with Crippen molar-refractivity contribution >= 4 is 43.2 Å². The largest absolute Gasteiger partial charge is 0.302 e. The Balaban J connectivity index is 1.46. The Morgan fingerprint density at radius 3 is 2.61 bits per heavy atom. The number of piperidine rings is 1. The van der Waals surface area contributed by atoms with Crippen LogP contribution in [0.1, 0.15) is 12.8 Å². The van der Waals surface area contributed by atoms with E-state index < -0.39 is 10.0 Å². The maximum Gasteiger partial charge on any atom is 0.229 e. The van der Waals surface area contributed by atoms with Gasteiger partial charge in [0.15, 0.2) is 5.13 Å². The Hall–Kier alpha value is -2.29. The first-order valence-electron chi connectivity index (χ1n) is 9.11. The van der Waals surface area contributed by atoms with Gasteiger partial charge < -0.3 is 5.32 Å². The molecular formula is C20H21N3O3S2. The van der Waals surface area contributed by atoms with E-state index in [1.807, 2.05) is 29.6 Å². The number of carbonyl (C=O) groups excluding carboxylic acids is 1. The first kappa shape index (κ1) is 19.0. The van der Waals surface area contributed by atoms with Crippen molar-refractivity contribution in [1.82, 2.24) is 9.29 Å². The lowest BCUT2D eigenvalue weighted by Crippen LogP contribution is -2.40. The first-order valence-corrected chi connectivity index (χ1v) is 11.8. The SMILES string of the molecule is CS(=O)(=O)N1CCC(C(=O)Nc2nc(-c3cccc4ccccc34)cs2)CC1. The van der Waals surface area contributed by atoms with E-state index in [4.69, 9.17) is 0 Å². The molecule has 1 fully saturated rings. The zero-order chi connectivity index (χ0) is 19.7. The highest BCUT2D eigenvalue weighted by molar-refractivity contribution is 7.88. The fraction of sp³-hybridized carbons (Fsp3) is 0.300. The van der Waals surface area contributed by atoms with E-state index in [1.165, 1.54) is 21.9 Å². The average Bonchev–Trinajstić information content (AvgIpc) is 3.15. The summed E-state index contributed by atoms with van der Waals surface area (Å²) in [5.74, 6) is -0.283. The summed E-state index contributed by atoms with van der Waals surface area (Å²) in [7, 11) is -3.19. The van der Waals surface area contributed by atoms with Crippen molar-refractivity contribution < 1.29 is 13.2 Å². The zero-order valence-corrected chi connectivity index (χ0v) is 17.1. The molecule has 0 aliphatic carbocycles. The van der Waals surface area contributed by atoms with Crippen LogP contribution in [0.5, 0.6) is 0 Å². The van der Waals surface area contributed by atoms with Crippen molar-refractivity contribution in [1.29, 1.82) is 0 Å². The highest BCUT2D eigenvalue weighted by Crippen LogP contribution is 2.31. The number of sulfonamides is 1. The van der Waals surface area contributed by atoms with Gasteiger partial charge in [-0.15, -0.1) is 11.3 Å². The number of rotatable bonds is 4. The van der Waals surface area contributed by atoms with Gasteiger partial charge >= 0.3 is 0 Å². The summed E-state index contributed by atoms with van der Waals surface area (Å²) < 4.78 is 24.6. The van der Waals surface area contributed by atoms with E-state index in [0.29, 0.717) is 31.1 Å². The first-order chi connectivity index (χ1) is 13.4. The van der Waals surface area contributed by atoms with Crippen LogP contribution in [0, 0.1) is 5.92 Å². The maximum absolute atomic E-state index is 12.6. The number of benzene rings is 2. The van der Waals surface area contributed by atoms with Gasteiger partial charge in [-0.3, -0.25) is 4.79 Å². The molecule has 0 spiro atoms. The molecule has 1 amide bonds. The molecule has 1 aromatic heterocycles. The predicted molar refractivity (Wildman–Crippen MR) is 113 cm³/mol. The minimum atomic E-state index is -3.19. The van der Waals surface area contributed by atoms with Gasteiger partial charge in [0.25, 0.3) is 0 Å². The molecule has 4 rings (SSSR count). The fourth-order valence-corrected chi connectivity index (χ4v) is 5.15. The highest BCUT2D eigenvalue weighted by Gasteiger charge is 2.29. The highest BCUT2D eigenvalue weighted by atomic mass is 32.2. The number of nitrogens with zero attached hydrogens (tertiary/aromatic N) is 2. The molecule has 6 nitrogen and oxygen atoms in total. The van der Waals surface area contributed by atoms with Gasteiger partial charge in [-0.25, -0.2) is 17.7 Å². The minimum Gasteiger partial charge on any atom is -0.302 e. The van der Waals surface area contributed by atoms with E-state index in [0.717, 1.165) is 22.0 Å². The molecule has 1 saturated heterocycles. The van der Waals surface area contributed by atoms with Crippen LogP contribution in [0.2, 0.25) is 0 Å². The normalized spacial score (nSPS) is 16.3. The second kappa shape index (κ2) is 7.62. The second-order valence-electron chi connectivity index (χ2n) is 6.99. The minimum absolute atomic E-state index is 0.0908. The zero-order valence-electron chi connectivity index (χ0n) is 15.5. The van der Waals surface area contributed by atoms with Crippen LogP contribution in [-0.2, 0) is 14.8 Å². The van der Waals surface area contributed by atoms with Gasteiger partial charge in [0.1, 0.15) is 0 Å². The molecule has 28 heavy (non-hydrogen) atoms. The van der Waals surface area contributed by atoms with Crippen LogP contribution in [0.3, 0.4) is 0 Å². The molecular weight excluding hydrogens is 394 g/mol. The lowest BCUT2D eigenvalue weighted by molar-refractivity contribution is -0.120. The number of thiazole rings is 1. The quantitative estimate of drug-likeness (QED) is 0.706. The molecule has 0 unspecified atom stereocenters. The number of hydrogen-bond acceptors (Lipinski definition) is 5. The van der Waals surface area contributed by atoms with Crippen molar-refractivity contribution in [3.63, 3.8) is 0 Å². The number of fused-ring (bicyclic) bond motifs is 1. The van der Waals surface area contributed by atoms with Crippen molar-refractivity contribution in [3.8, 4) is 11.3 Å². The van der Waals surface area contributed by atoms with Gasteiger partial charge in [-0.05, 0) is 23.6 Å². The molecule has 2 aromatic carbocycles. The summed E-state index contributed by atoms with van der Waals surface area (Å²) in [5.41, 5.74) is 1.88. The second-order valence-corrected chi connectivity index (χ2v) is 9.83. The molecule has 0 saturated carbocycles. The number of amides is 1. The van der Waals surface area contributed by atoms with Gasteiger partial charge in [0.05, 0.1) is 11.9 Å². The molecule has 0 atom stereocenters. The third kappa shape index (κ3) is 3.94. The molecule has 1 aliphatic rings. The van der Waals surface area contributed by atoms with E-state index in [2.05, 4.69) is 28.5 Å². The van der Waals surface area contributed by atoms with Crippen LogP contribution >= 0.6 is 11.3 Å². The van der Waals surface area contributed by atoms with Gasteiger partial charge in [-0.1, -0.05) is 42.5 Å². The van der Waals surface area contributed by atoms with E-state index in [1.54, 1.807) is 0 Å². The molecule has 2 heterocycles. The Bertz CT molecular complexity index is 1110. The third-order valence-corrected chi connectivity index (χ3v) is 7.15. The van der Waals surface area contributed by atoms with Gasteiger partial charge in [-0.2, -0.15) is 0 Å². The van der Waals surface area contributed by atoms with Crippen LogP contribution in [0.15, 0.2) is 47.8 Å². The molecule has 0 radical (unpaired) electrons. The number of anilines is 1. The predicted octanol–water partition coefficient (Wildman–Crippen LogP) is 3.57. The van der Waals surface area contributed by atoms with Crippen molar-refractivity contribution in [3.05, 3.63) is 47.8 Å². The van der Waals surface area contributed by atoms with E-state index >= 15 is 0 Å². The fourth-order valence-electron chi connectivity index (χ4n) is 3.56. The Morgan fingerprint density at radius 2 is 1.86 bits per heavy atom. The Labute approximate surface area is 168 Å². The number of hydrogen-bond donors (Lipinski definition) is 1. The van der Waals surface area contributed by atoms with Crippen molar-refractivity contribution in [2.45, 2.75) is 12.8 Å².